The van der Waals surface area contributed by atoms with Crippen LogP contribution >= 0.6 is 11.6 Å². The highest BCUT2D eigenvalue weighted by atomic mass is 35.5. The first kappa shape index (κ1) is 15.1. The second kappa shape index (κ2) is 6.51. The summed E-state index contributed by atoms with van der Waals surface area (Å²) >= 11 is 6.16. The SMILES string of the molecule is COCCCn1c(-c2ccc(C)cc2)nc2ccc(Cl)cc21. The molecule has 22 heavy (non-hydrogen) atoms. The number of fused-ring (bicyclic) bond motifs is 1. The predicted molar refractivity (Wildman–Crippen MR) is 91.4 cm³/mol. The third-order valence-electron chi connectivity index (χ3n) is 3.75. The number of aromatic nitrogens is 2. The Morgan fingerprint density at radius 2 is 1.91 bits per heavy atom. The van der Waals surface area contributed by atoms with Crippen LogP contribution in [0.15, 0.2) is 42.5 Å². The van der Waals surface area contributed by atoms with Gasteiger partial charge in [0.2, 0.25) is 0 Å². The lowest BCUT2D eigenvalue weighted by molar-refractivity contribution is 0.191. The van der Waals surface area contributed by atoms with Crippen LogP contribution in [0.2, 0.25) is 5.02 Å². The van der Waals surface area contributed by atoms with Gasteiger partial charge in [-0.15, -0.1) is 0 Å². The molecule has 1 aromatic heterocycles. The normalized spacial score (nSPS) is 11.2. The highest BCUT2D eigenvalue weighted by Gasteiger charge is 2.12. The third kappa shape index (κ3) is 3.01. The Kier molecular flexibility index (Phi) is 4.46. The van der Waals surface area contributed by atoms with Crippen LogP contribution in [0.25, 0.3) is 22.4 Å². The maximum absolute atomic E-state index is 6.16. The Hall–Kier alpha value is -1.84. The fraction of sp³-hybridized carbons (Fsp3) is 0.278. The molecule has 0 bridgehead atoms. The third-order valence-corrected chi connectivity index (χ3v) is 3.99. The van der Waals surface area contributed by atoms with Gasteiger partial charge in [-0.3, -0.25) is 0 Å². The summed E-state index contributed by atoms with van der Waals surface area (Å²) in [5, 5.41) is 0.732. The fourth-order valence-electron chi connectivity index (χ4n) is 2.61. The summed E-state index contributed by atoms with van der Waals surface area (Å²) in [6.07, 6.45) is 0.938. The number of methoxy groups -OCH3 is 1. The van der Waals surface area contributed by atoms with Crippen LogP contribution in [-0.4, -0.2) is 23.3 Å². The average Bonchev–Trinajstić information content (AvgIpc) is 2.86. The molecule has 0 N–H and O–H groups in total. The molecule has 3 aromatic rings. The van der Waals surface area contributed by atoms with E-state index in [-0.39, 0.29) is 0 Å². The van der Waals surface area contributed by atoms with Crippen molar-refractivity contribution in [2.45, 2.75) is 19.9 Å². The number of hydrogen-bond acceptors (Lipinski definition) is 2. The zero-order chi connectivity index (χ0) is 15.5. The molecular weight excluding hydrogens is 296 g/mol. The van der Waals surface area contributed by atoms with Crippen molar-refractivity contribution in [2.75, 3.05) is 13.7 Å². The minimum absolute atomic E-state index is 0.730. The standard InChI is InChI=1S/C18H19ClN2O/c1-13-4-6-14(7-5-13)18-20-16-9-8-15(19)12-17(16)21(18)10-3-11-22-2/h4-9,12H,3,10-11H2,1-2H3. The first-order chi connectivity index (χ1) is 10.7. The molecule has 0 saturated carbocycles. The van der Waals surface area contributed by atoms with Crippen molar-refractivity contribution in [3.63, 3.8) is 0 Å². The largest absolute Gasteiger partial charge is 0.385 e. The van der Waals surface area contributed by atoms with Crippen molar-refractivity contribution >= 4 is 22.6 Å². The monoisotopic (exact) mass is 314 g/mol. The smallest absolute Gasteiger partial charge is 0.141 e. The van der Waals surface area contributed by atoms with Crippen LogP contribution in [0.5, 0.6) is 0 Å². The molecule has 4 heteroatoms. The maximum Gasteiger partial charge on any atom is 0.141 e. The second-order valence-electron chi connectivity index (χ2n) is 5.43. The molecular formula is C18H19ClN2O. The lowest BCUT2D eigenvalue weighted by Gasteiger charge is -2.09. The van der Waals surface area contributed by atoms with Crippen LogP contribution < -0.4 is 0 Å². The van der Waals surface area contributed by atoms with Crippen molar-refractivity contribution < 1.29 is 4.74 Å². The molecule has 0 atom stereocenters. The van der Waals surface area contributed by atoms with Gasteiger partial charge in [0.25, 0.3) is 0 Å². The minimum Gasteiger partial charge on any atom is -0.385 e. The summed E-state index contributed by atoms with van der Waals surface area (Å²) in [4.78, 5) is 4.80. The van der Waals surface area contributed by atoms with Crippen LogP contribution in [0.4, 0.5) is 0 Å². The molecule has 0 unspecified atom stereocenters. The van der Waals surface area contributed by atoms with Gasteiger partial charge in [-0.2, -0.15) is 0 Å². The first-order valence-corrected chi connectivity index (χ1v) is 7.78. The van der Waals surface area contributed by atoms with E-state index in [4.69, 9.17) is 21.3 Å². The number of imidazole rings is 1. The Balaban J connectivity index is 2.10. The van der Waals surface area contributed by atoms with E-state index in [0.717, 1.165) is 47.0 Å². The van der Waals surface area contributed by atoms with Gasteiger partial charge in [-0.05, 0) is 31.5 Å². The maximum atomic E-state index is 6.16. The number of ether oxygens (including phenoxy) is 1. The van der Waals surface area contributed by atoms with Crippen molar-refractivity contribution in [3.05, 3.63) is 53.1 Å². The van der Waals surface area contributed by atoms with Gasteiger partial charge in [0, 0.05) is 30.8 Å². The zero-order valence-electron chi connectivity index (χ0n) is 12.8. The lowest BCUT2D eigenvalue weighted by Crippen LogP contribution is -2.03. The van der Waals surface area contributed by atoms with E-state index in [0.29, 0.717) is 0 Å². The summed E-state index contributed by atoms with van der Waals surface area (Å²) in [5.74, 6) is 0.980. The van der Waals surface area contributed by atoms with Gasteiger partial charge in [0.1, 0.15) is 5.82 Å². The molecule has 3 nitrogen and oxygen atoms in total. The molecule has 1 heterocycles. The van der Waals surface area contributed by atoms with Gasteiger partial charge in [0.05, 0.1) is 11.0 Å². The predicted octanol–water partition coefficient (Wildman–Crippen LogP) is 4.70. The molecule has 0 amide bonds. The van der Waals surface area contributed by atoms with Gasteiger partial charge in [-0.25, -0.2) is 4.98 Å². The van der Waals surface area contributed by atoms with Crippen LogP contribution in [0.3, 0.4) is 0 Å². The van der Waals surface area contributed by atoms with Crippen molar-refractivity contribution in [3.8, 4) is 11.4 Å². The van der Waals surface area contributed by atoms with Gasteiger partial charge in [-0.1, -0.05) is 41.4 Å². The molecule has 0 aliphatic rings. The first-order valence-electron chi connectivity index (χ1n) is 7.41. The molecule has 0 aliphatic carbocycles. The summed E-state index contributed by atoms with van der Waals surface area (Å²) in [5.41, 5.74) is 4.40. The van der Waals surface area contributed by atoms with Gasteiger partial charge in [0.15, 0.2) is 0 Å². The van der Waals surface area contributed by atoms with E-state index in [1.807, 2.05) is 18.2 Å². The second-order valence-corrected chi connectivity index (χ2v) is 5.87. The molecule has 3 rings (SSSR count). The molecule has 0 fully saturated rings. The van der Waals surface area contributed by atoms with Crippen molar-refractivity contribution in [2.24, 2.45) is 0 Å². The minimum atomic E-state index is 0.730. The molecule has 2 aromatic carbocycles. The zero-order valence-corrected chi connectivity index (χ0v) is 13.6. The quantitative estimate of drug-likeness (QED) is 0.638. The van der Waals surface area contributed by atoms with Crippen LogP contribution in [0, 0.1) is 6.92 Å². The number of halogens is 1. The van der Waals surface area contributed by atoms with Gasteiger partial charge >= 0.3 is 0 Å². The number of benzene rings is 2. The summed E-state index contributed by atoms with van der Waals surface area (Å²) < 4.78 is 7.40. The van der Waals surface area contributed by atoms with E-state index >= 15 is 0 Å². The fourth-order valence-corrected chi connectivity index (χ4v) is 2.78. The molecule has 114 valence electrons. The van der Waals surface area contributed by atoms with E-state index < -0.39 is 0 Å². The Morgan fingerprint density at radius 1 is 1.14 bits per heavy atom. The molecule has 0 spiro atoms. The van der Waals surface area contributed by atoms with Crippen molar-refractivity contribution in [1.82, 2.24) is 9.55 Å². The van der Waals surface area contributed by atoms with E-state index in [2.05, 4.69) is 35.8 Å². The Morgan fingerprint density at radius 3 is 2.64 bits per heavy atom. The molecule has 0 saturated heterocycles. The summed E-state index contributed by atoms with van der Waals surface area (Å²) in [6, 6.07) is 14.3. The number of nitrogens with zero attached hydrogens (tertiary/aromatic N) is 2. The number of rotatable bonds is 5. The van der Waals surface area contributed by atoms with E-state index in [1.165, 1.54) is 5.56 Å². The van der Waals surface area contributed by atoms with Gasteiger partial charge < -0.3 is 9.30 Å². The summed E-state index contributed by atoms with van der Waals surface area (Å²) in [6.45, 7) is 3.67. The van der Waals surface area contributed by atoms with Crippen LogP contribution in [-0.2, 0) is 11.3 Å². The van der Waals surface area contributed by atoms with E-state index in [1.54, 1.807) is 7.11 Å². The van der Waals surface area contributed by atoms with E-state index in [9.17, 15) is 0 Å². The van der Waals surface area contributed by atoms with Crippen LogP contribution in [0.1, 0.15) is 12.0 Å². The topological polar surface area (TPSA) is 27.1 Å². The molecule has 0 radical (unpaired) electrons. The van der Waals surface area contributed by atoms with Crippen molar-refractivity contribution in [1.29, 1.82) is 0 Å². The number of aryl methyl sites for hydroxylation is 2. The highest BCUT2D eigenvalue weighted by molar-refractivity contribution is 6.31. The average molecular weight is 315 g/mol. The lowest BCUT2D eigenvalue weighted by atomic mass is 10.1. The summed E-state index contributed by atoms with van der Waals surface area (Å²) in [7, 11) is 1.73. The Labute approximate surface area is 135 Å². The highest BCUT2D eigenvalue weighted by Crippen LogP contribution is 2.27. The Bertz CT molecular complexity index is 778. The number of hydrogen-bond donors (Lipinski definition) is 0. The molecule has 0 aliphatic heterocycles.